The number of sulfone groups is 1. The molecule has 1 amide bonds. The van der Waals surface area contributed by atoms with Crippen LogP contribution < -0.4 is 10.1 Å². The van der Waals surface area contributed by atoms with E-state index in [4.69, 9.17) is 9.72 Å². The van der Waals surface area contributed by atoms with Gasteiger partial charge >= 0.3 is 0 Å². The standard InChI is InChI=1S/C30H27N5O4S2/c1-4-17-35-29(33-34-30(35)40-19-28(36)31-21-11-13-22(39-2)14-12-21)25-18-27(32-26-8-6-5-7-24(25)26)20-9-15-23(16-10-20)41(3,37)38/h4-16,18H,1,17,19H2,2-3H3,(H,31,36). The van der Waals surface area contributed by atoms with E-state index in [1.165, 1.54) is 18.0 Å². The number of ether oxygens (including phenoxy) is 1. The fourth-order valence-corrected chi connectivity index (χ4v) is 5.65. The van der Waals surface area contributed by atoms with Gasteiger partial charge in [-0.2, -0.15) is 0 Å². The van der Waals surface area contributed by atoms with Gasteiger partial charge in [0.2, 0.25) is 5.91 Å². The molecule has 0 fully saturated rings. The number of methoxy groups -OCH3 is 1. The monoisotopic (exact) mass is 585 g/mol. The smallest absolute Gasteiger partial charge is 0.234 e. The third-order valence-corrected chi connectivity index (χ3v) is 8.37. The van der Waals surface area contributed by atoms with Crippen molar-refractivity contribution in [3.8, 4) is 28.4 Å². The largest absolute Gasteiger partial charge is 0.497 e. The van der Waals surface area contributed by atoms with Crippen LogP contribution in [-0.4, -0.2) is 53.2 Å². The Hall–Kier alpha value is -4.48. The quantitative estimate of drug-likeness (QED) is 0.169. The SMILES string of the molecule is C=CCn1c(SCC(=O)Nc2ccc(OC)cc2)nnc1-c1cc(-c2ccc(S(C)(=O)=O)cc2)nc2ccccc12. The number of allylic oxidation sites excluding steroid dienone is 1. The topological polar surface area (TPSA) is 116 Å². The first-order valence-electron chi connectivity index (χ1n) is 12.6. The zero-order chi connectivity index (χ0) is 29.0. The predicted octanol–water partition coefficient (Wildman–Crippen LogP) is 5.49. The summed E-state index contributed by atoms with van der Waals surface area (Å²) in [5.41, 5.74) is 3.67. The van der Waals surface area contributed by atoms with Crippen LogP contribution in [0.2, 0.25) is 0 Å². The molecule has 2 heterocycles. The van der Waals surface area contributed by atoms with E-state index < -0.39 is 9.84 Å². The van der Waals surface area contributed by atoms with Gasteiger partial charge < -0.3 is 10.1 Å². The highest BCUT2D eigenvalue weighted by molar-refractivity contribution is 7.99. The molecule has 11 heteroatoms. The number of nitrogens with one attached hydrogen (secondary N) is 1. The van der Waals surface area contributed by atoms with Crippen molar-refractivity contribution >= 4 is 44.1 Å². The second-order valence-corrected chi connectivity index (χ2v) is 12.1. The van der Waals surface area contributed by atoms with E-state index in [1.807, 2.05) is 34.9 Å². The fourth-order valence-electron chi connectivity index (χ4n) is 4.27. The molecule has 9 nitrogen and oxygen atoms in total. The molecule has 0 spiro atoms. The van der Waals surface area contributed by atoms with Gasteiger partial charge in [0.05, 0.1) is 29.0 Å². The Morgan fingerprint density at radius 1 is 1.05 bits per heavy atom. The number of benzene rings is 3. The summed E-state index contributed by atoms with van der Waals surface area (Å²) in [5.74, 6) is 1.27. The zero-order valence-corrected chi connectivity index (χ0v) is 24.1. The summed E-state index contributed by atoms with van der Waals surface area (Å²) in [6.07, 6.45) is 2.93. The molecule has 5 rings (SSSR count). The molecule has 5 aromatic rings. The van der Waals surface area contributed by atoms with Crippen LogP contribution in [0.3, 0.4) is 0 Å². The molecule has 0 atom stereocenters. The van der Waals surface area contributed by atoms with E-state index >= 15 is 0 Å². The Morgan fingerprint density at radius 3 is 2.46 bits per heavy atom. The van der Waals surface area contributed by atoms with Crippen molar-refractivity contribution in [3.05, 3.63) is 91.5 Å². The second kappa shape index (κ2) is 11.9. The van der Waals surface area contributed by atoms with Gasteiger partial charge in [-0.25, -0.2) is 13.4 Å². The van der Waals surface area contributed by atoms with Crippen molar-refractivity contribution in [1.29, 1.82) is 0 Å². The Morgan fingerprint density at radius 2 is 1.78 bits per heavy atom. The molecule has 0 aliphatic carbocycles. The van der Waals surface area contributed by atoms with Crippen LogP contribution in [0, 0.1) is 0 Å². The van der Waals surface area contributed by atoms with Gasteiger partial charge in [0.15, 0.2) is 20.8 Å². The maximum Gasteiger partial charge on any atom is 0.234 e. The van der Waals surface area contributed by atoms with Crippen molar-refractivity contribution in [2.75, 3.05) is 24.4 Å². The number of para-hydroxylation sites is 1. The van der Waals surface area contributed by atoms with Crippen molar-refractivity contribution < 1.29 is 17.9 Å². The summed E-state index contributed by atoms with van der Waals surface area (Å²) in [4.78, 5) is 17.7. The molecule has 0 unspecified atom stereocenters. The second-order valence-electron chi connectivity index (χ2n) is 9.14. The minimum Gasteiger partial charge on any atom is -0.497 e. The number of hydrogen-bond donors (Lipinski definition) is 1. The average Bonchev–Trinajstić information content (AvgIpc) is 3.38. The van der Waals surface area contributed by atoms with Crippen molar-refractivity contribution in [2.45, 2.75) is 16.6 Å². The highest BCUT2D eigenvalue weighted by Crippen LogP contribution is 2.33. The molecule has 1 N–H and O–H groups in total. The molecule has 0 saturated heterocycles. The maximum atomic E-state index is 12.7. The number of hydrogen-bond acceptors (Lipinski definition) is 8. The van der Waals surface area contributed by atoms with E-state index in [0.717, 1.165) is 22.0 Å². The Kier molecular flexibility index (Phi) is 8.18. The van der Waals surface area contributed by atoms with Gasteiger partial charge in [0.25, 0.3) is 0 Å². The summed E-state index contributed by atoms with van der Waals surface area (Å²) in [7, 11) is -1.73. The first kappa shape index (κ1) is 28.1. The van der Waals surface area contributed by atoms with Gasteiger partial charge in [-0.3, -0.25) is 9.36 Å². The van der Waals surface area contributed by atoms with Gasteiger partial charge in [-0.1, -0.05) is 48.2 Å². The Balaban J connectivity index is 1.46. The highest BCUT2D eigenvalue weighted by atomic mass is 32.2. The maximum absolute atomic E-state index is 12.7. The number of anilines is 1. The predicted molar refractivity (Wildman–Crippen MR) is 162 cm³/mol. The van der Waals surface area contributed by atoms with Gasteiger partial charge in [-0.05, 0) is 48.5 Å². The average molecular weight is 586 g/mol. The minimum absolute atomic E-state index is 0.135. The number of thioether (sulfide) groups is 1. The zero-order valence-electron chi connectivity index (χ0n) is 22.4. The minimum atomic E-state index is -3.32. The van der Waals surface area contributed by atoms with Gasteiger partial charge in [0, 0.05) is 35.0 Å². The van der Waals surface area contributed by atoms with E-state index in [0.29, 0.717) is 34.7 Å². The number of amides is 1. The Bertz CT molecular complexity index is 1830. The van der Waals surface area contributed by atoms with Crippen LogP contribution in [0.25, 0.3) is 33.5 Å². The number of pyridine rings is 1. The molecule has 0 aliphatic rings. The molecular formula is C30H27N5O4S2. The number of rotatable bonds is 10. The van der Waals surface area contributed by atoms with E-state index in [2.05, 4.69) is 22.1 Å². The number of carbonyl (C=O) groups is 1. The number of nitrogens with zero attached hydrogens (tertiary/aromatic N) is 4. The Labute approximate surface area is 242 Å². The summed E-state index contributed by atoms with van der Waals surface area (Å²) >= 11 is 1.28. The molecule has 0 saturated carbocycles. The number of fused-ring (bicyclic) bond motifs is 1. The van der Waals surface area contributed by atoms with Gasteiger partial charge in [0.1, 0.15) is 5.75 Å². The molecule has 0 aliphatic heterocycles. The third kappa shape index (κ3) is 6.31. The molecule has 0 radical (unpaired) electrons. The first-order chi connectivity index (χ1) is 19.8. The lowest BCUT2D eigenvalue weighted by Crippen LogP contribution is -2.14. The summed E-state index contributed by atoms with van der Waals surface area (Å²) in [6, 6.07) is 23.4. The molecule has 208 valence electrons. The lowest BCUT2D eigenvalue weighted by molar-refractivity contribution is -0.113. The lowest BCUT2D eigenvalue weighted by Gasteiger charge is -2.12. The van der Waals surface area contributed by atoms with Crippen molar-refractivity contribution in [1.82, 2.24) is 19.7 Å². The summed E-state index contributed by atoms with van der Waals surface area (Å²) in [5, 5.41) is 13.3. The van der Waals surface area contributed by atoms with Crippen LogP contribution >= 0.6 is 11.8 Å². The summed E-state index contributed by atoms with van der Waals surface area (Å²) < 4.78 is 30.9. The van der Waals surface area contributed by atoms with Gasteiger partial charge in [-0.15, -0.1) is 16.8 Å². The van der Waals surface area contributed by atoms with E-state index in [-0.39, 0.29) is 16.6 Å². The molecule has 2 aromatic heterocycles. The summed E-state index contributed by atoms with van der Waals surface area (Å²) in [6.45, 7) is 4.33. The lowest BCUT2D eigenvalue weighted by atomic mass is 10.0. The van der Waals surface area contributed by atoms with E-state index in [1.54, 1.807) is 61.7 Å². The first-order valence-corrected chi connectivity index (χ1v) is 15.5. The number of carbonyl (C=O) groups excluding carboxylic acids is 1. The molecule has 0 bridgehead atoms. The fraction of sp³-hybridized carbons (Fsp3) is 0.133. The van der Waals surface area contributed by atoms with Crippen molar-refractivity contribution in [3.63, 3.8) is 0 Å². The normalized spacial score (nSPS) is 11.4. The van der Waals surface area contributed by atoms with Crippen molar-refractivity contribution in [2.24, 2.45) is 0 Å². The van der Waals surface area contributed by atoms with Crippen LogP contribution in [0.15, 0.2) is 102 Å². The molecule has 41 heavy (non-hydrogen) atoms. The molecular weight excluding hydrogens is 558 g/mol. The highest BCUT2D eigenvalue weighted by Gasteiger charge is 2.19. The third-order valence-electron chi connectivity index (χ3n) is 6.27. The van der Waals surface area contributed by atoms with E-state index in [9.17, 15) is 13.2 Å². The van der Waals surface area contributed by atoms with Crippen LogP contribution in [0.5, 0.6) is 5.75 Å². The molecule has 3 aromatic carbocycles. The van der Waals surface area contributed by atoms with Crippen LogP contribution in [0.1, 0.15) is 0 Å². The van der Waals surface area contributed by atoms with Crippen LogP contribution in [-0.2, 0) is 21.2 Å². The van der Waals surface area contributed by atoms with Crippen LogP contribution in [0.4, 0.5) is 5.69 Å². The number of aromatic nitrogens is 4.